The Hall–Kier alpha value is -3.68. The summed E-state index contributed by atoms with van der Waals surface area (Å²) >= 11 is 0. The summed E-state index contributed by atoms with van der Waals surface area (Å²) in [5, 5.41) is 16.1. The van der Waals surface area contributed by atoms with E-state index in [-0.39, 0.29) is 11.4 Å². The second-order valence-electron chi connectivity index (χ2n) is 7.10. The summed E-state index contributed by atoms with van der Waals surface area (Å²) in [6, 6.07) is 12.7. The quantitative estimate of drug-likeness (QED) is 0.366. The number of benzene rings is 2. The van der Waals surface area contributed by atoms with Crippen molar-refractivity contribution in [3.05, 3.63) is 69.9 Å². The summed E-state index contributed by atoms with van der Waals surface area (Å²) in [7, 11) is 0. The van der Waals surface area contributed by atoms with Crippen LogP contribution in [0.15, 0.2) is 54.2 Å². The Balaban J connectivity index is 2.12. The van der Waals surface area contributed by atoms with Gasteiger partial charge in [-0.05, 0) is 48.2 Å². The number of ether oxygens (including phenoxy) is 1. The summed E-state index contributed by atoms with van der Waals surface area (Å²) in [6.07, 6.45) is 2.33. The zero-order valence-corrected chi connectivity index (χ0v) is 17.2. The number of rotatable bonds is 9. The second-order valence-corrected chi connectivity index (χ2v) is 7.10. The van der Waals surface area contributed by atoms with Crippen molar-refractivity contribution in [1.82, 2.24) is 5.32 Å². The molecule has 0 aromatic heterocycles. The molecule has 0 bridgehead atoms. The van der Waals surface area contributed by atoms with Gasteiger partial charge < -0.3 is 15.4 Å². The fourth-order valence-electron chi connectivity index (χ4n) is 2.49. The lowest BCUT2D eigenvalue weighted by molar-refractivity contribution is -0.384. The van der Waals surface area contributed by atoms with Crippen LogP contribution in [0.1, 0.15) is 32.8 Å². The van der Waals surface area contributed by atoms with Crippen LogP contribution in [0, 0.1) is 16.0 Å². The fourth-order valence-corrected chi connectivity index (χ4v) is 2.49. The standard InChI is InChI=1S/C22H25N3O5/c1-15(2)11-12-30-20-9-7-18(8-10-20)24-22(27)21(23-16(3)26)14-17-5-4-6-19(13-17)25(28)29/h4-10,13-15H,11-12H2,1-3H3,(H,23,26)(H,24,27). The zero-order chi connectivity index (χ0) is 22.1. The lowest BCUT2D eigenvalue weighted by Crippen LogP contribution is -2.28. The molecule has 0 aliphatic heterocycles. The number of hydrogen-bond acceptors (Lipinski definition) is 5. The lowest BCUT2D eigenvalue weighted by atomic mass is 10.1. The van der Waals surface area contributed by atoms with E-state index in [1.807, 2.05) is 0 Å². The maximum Gasteiger partial charge on any atom is 0.272 e. The second kappa shape index (κ2) is 10.8. The zero-order valence-electron chi connectivity index (χ0n) is 17.2. The minimum absolute atomic E-state index is 0.0275. The van der Waals surface area contributed by atoms with E-state index in [4.69, 9.17) is 4.74 Å². The van der Waals surface area contributed by atoms with Crippen LogP contribution >= 0.6 is 0 Å². The molecule has 0 aliphatic rings. The van der Waals surface area contributed by atoms with Gasteiger partial charge in [-0.2, -0.15) is 0 Å². The van der Waals surface area contributed by atoms with Crippen LogP contribution in [0.5, 0.6) is 5.75 Å². The van der Waals surface area contributed by atoms with Crippen LogP contribution in [0.4, 0.5) is 11.4 Å². The van der Waals surface area contributed by atoms with Gasteiger partial charge in [0.05, 0.1) is 11.5 Å². The SMILES string of the molecule is CC(=O)NC(=Cc1cccc([N+](=O)[O-])c1)C(=O)Nc1ccc(OCCC(C)C)cc1. The maximum absolute atomic E-state index is 12.6. The van der Waals surface area contributed by atoms with Crippen LogP contribution in [0.25, 0.3) is 6.08 Å². The van der Waals surface area contributed by atoms with Gasteiger partial charge in [-0.1, -0.05) is 26.0 Å². The molecule has 8 nitrogen and oxygen atoms in total. The highest BCUT2D eigenvalue weighted by molar-refractivity contribution is 6.08. The molecule has 0 spiro atoms. The fraction of sp³-hybridized carbons (Fsp3) is 0.273. The number of hydrogen-bond donors (Lipinski definition) is 2. The van der Waals surface area contributed by atoms with Gasteiger partial charge in [0, 0.05) is 24.7 Å². The summed E-state index contributed by atoms with van der Waals surface area (Å²) < 4.78 is 5.65. The van der Waals surface area contributed by atoms with Crippen LogP contribution < -0.4 is 15.4 Å². The van der Waals surface area contributed by atoms with E-state index in [0.717, 1.165) is 6.42 Å². The molecule has 2 rings (SSSR count). The van der Waals surface area contributed by atoms with Crippen molar-refractivity contribution in [1.29, 1.82) is 0 Å². The van der Waals surface area contributed by atoms with Crippen molar-refractivity contribution in [2.45, 2.75) is 27.2 Å². The minimum atomic E-state index is -0.551. The van der Waals surface area contributed by atoms with Crippen molar-refractivity contribution in [3.63, 3.8) is 0 Å². The number of anilines is 1. The first-order valence-electron chi connectivity index (χ1n) is 9.52. The Morgan fingerprint density at radius 2 is 1.87 bits per heavy atom. The van der Waals surface area contributed by atoms with Crippen LogP contribution in [0.3, 0.4) is 0 Å². The molecular formula is C22H25N3O5. The van der Waals surface area contributed by atoms with Crippen molar-refractivity contribution >= 4 is 29.3 Å². The molecule has 0 unspecified atom stereocenters. The summed E-state index contributed by atoms with van der Waals surface area (Å²) in [5.41, 5.74) is 0.795. The molecule has 0 radical (unpaired) electrons. The van der Waals surface area contributed by atoms with Crippen molar-refractivity contribution < 1.29 is 19.2 Å². The number of nitro benzene ring substituents is 1. The first-order valence-corrected chi connectivity index (χ1v) is 9.52. The smallest absolute Gasteiger partial charge is 0.272 e. The normalized spacial score (nSPS) is 11.1. The van der Waals surface area contributed by atoms with E-state index >= 15 is 0 Å². The largest absolute Gasteiger partial charge is 0.494 e. The van der Waals surface area contributed by atoms with E-state index in [1.165, 1.54) is 31.2 Å². The van der Waals surface area contributed by atoms with Gasteiger partial charge in [0.2, 0.25) is 5.91 Å². The Morgan fingerprint density at radius 3 is 2.47 bits per heavy atom. The van der Waals surface area contributed by atoms with Crippen LogP contribution in [-0.2, 0) is 9.59 Å². The molecule has 0 atom stereocenters. The van der Waals surface area contributed by atoms with E-state index in [1.54, 1.807) is 30.3 Å². The molecule has 0 fully saturated rings. The molecule has 30 heavy (non-hydrogen) atoms. The molecule has 8 heteroatoms. The monoisotopic (exact) mass is 411 g/mol. The number of non-ortho nitro benzene ring substituents is 1. The Bertz CT molecular complexity index is 936. The lowest BCUT2D eigenvalue weighted by Gasteiger charge is -2.11. The highest BCUT2D eigenvalue weighted by Gasteiger charge is 2.13. The van der Waals surface area contributed by atoms with Gasteiger partial charge in [0.15, 0.2) is 0 Å². The third-order valence-electron chi connectivity index (χ3n) is 4.02. The highest BCUT2D eigenvalue weighted by atomic mass is 16.6. The molecule has 0 aliphatic carbocycles. The van der Waals surface area contributed by atoms with E-state index in [0.29, 0.717) is 29.5 Å². The highest BCUT2D eigenvalue weighted by Crippen LogP contribution is 2.18. The topological polar surface area (TPSA) is 111 Å². The van der Waals surface area contributed by atoms with Gasteiger partial charge in [-0.15, -0.1) is 0 Å². The summed E-state index contributed by atoms with van der Waals surface area (Å²) in [6.45, 7) is 6.13. The van der Waals surface area contributed by atoms with Crippen LogP contribution in [-0.4, -0.2) is 23.3 Å². The average molecular weight is 411 g/mol. The minimum Gasteiger partial charge on any atom is -0.494 e. The molecule has 0 heterocycles. The van der Waals surface area contributed by atoms with Crippen molar-refractivity contribution in [2.75, 3.05) is 11.9 Å². The molecule has 2 amide bonds. The third kappa shape index (κ3) is 7.38. The number of amides is 2. The Morgan fingerprint density at radius 1 is 1.17 bits per heavy atom. The van der Waals surface area contributed by atoms with Gasteiger partial charge in [-0.25, -0.2) is 0 Å². The first kappa shape index (κ1) is 22.6. The first-order chi connectivity index (χ1) is 14.2. The summed E-state index contributed by atoms with van der Waals surface area (Å²) in [5.74, 6) is 0.261. The number of carbonyl (C=O) groups excluding carboxylic acids is 2. The van der Waals surface area contributed by atoms with E-state index < -0.39 is 16.7 Å². The summed E-state index contributed by atoms with van der Waals surface area (Å²) in [4.78, 5) is 34.6. The molecule has 2 N–H and O–H groups in total. The Kier molecular flexibility index (Phi) is 8.10. The number of carbonyl (C=O) groups is 2. The maximum atomic E-state index is 12.6. The molecule has 158 valence electrons. The number of nitrogens with one attached hydrogen (secondary N) is 2. The van der Waals surface area contributed by atoms with Gasteiger partial charge >= 0.3 is 0 Å². The van der Waals surface area contributed by atoms with E-state index in [2.05, 4.69) is 24.5 Å². The van der Waals surface area contributed by atoms with Crippen molar-refractivity contribution in [2.24, 2.45) is 5.92 Å². The number of nitrogens with zero attached hydrogens (tertiary/aromatic N) is 1. The molecular weight excluding hydrogens is 386 g/mol. The molecule has 0 saturated heterocycles. The Labute approximate surface area is 175 Å². The van der Waals surface area contributed by atoms with E-state index in [9.17, 15) is 19.7 Å². The van der Waals surface area contributed by atoms with Gasteiger partial charge in [0.25, 0.3) is 11.6 Å². The molecule has 0 saturated carbocycles. The number of nitro groups is 1. The molecule has 2 aromatic carbocycles. The predicted octanol–water partition coefficient (Wildman–Crippen LogP) is 4.14. The van der Waals surface area contributed by atoms with Crippen molar-refractivity contribution in [3.8, 4) is 5.75 Å². The molecule has 2 aromatic rings. The predicted molar refractivity (Wildman–Crippen MR) is 115 cm³/mol. The van der Waals surface area contributed by atoms with Gasteiger partial charge in [-0.3, -0.25) is 19.7 Å². The average Bonchev–Trinajstić information content (AvgIpc) is 2.68. The third-order valence-corrected chi connectivity index (χ3v) is 4.02. The van der Waals surface area contributed by atoms with Gasteiger partial charge in [0.1, 0.15) is 11.4 Å². The van der Waals surface area contributed by atoms with Crippen LogP contribution in [0.2, 0.25) is 0 Å².